The summed E-state index contributed by atoms with van der Waals surface area (Å²) in [6.07, 6.45) is -5.52. The van der Waals surface area contributed by atoms with Gasteiger partial charge in [-0.2, -0.15) is 13.2 Å². The first kappa shape index (κ1) is 12.8. The van der Waals surface area contributed by atoms with Gasteiger partial charge < -0.3 is 14.9 Å². The molecule has 0 saturated heterocycles. The molecular formula is C10H11F3O3. The molecule has 0 aromatic heterocycles. The molecule has 0 aliphatic rings. The van der Waals surface area contributed by atoms with Crippen LogP contribution in [0.25, 0.3) is 0 Å². The van der Waals surface area contributed by atoms with E-state index in [0.717, 1.165) is 12.1 Å². The lowest BCUT2D eigenvalue weighted by molar-refractivity contribution is -0.137. The van der Waals surface area contributed by atoms with Crippen molar-refractivity contribution in [3.8, 4) is 5.75 Å². The Morgan fingerprint density at radius 3 is 2.56 bits per heavy atom. The Balaban J connectivity index is 2.68. The minimum atomic E-state index is -4.42. The summed E-state index contributed by atoms with van der Waals surface area (Å²) >= 11 is 0. The summed E-state index contributed by atoms with van der Waals surface area (Å²) in [6.45, 7) is -0.753. The van der Waals surface area contributed by atoms with Gasteiger partial charge in [-0.15, -0.1) is 0 Å². The van der Waals surface area contributed by atoms with Crippen molar-refractivity contribution in [1.29, 1.82) is 0 Å². The molecule has 0 amide bonds. The molecule has 1 rings (SSSR count). The van der Waals surface area contributed by atoms with Crippen LogP contribution in [0.3, 0.4) is 0 Å². The van der Waals surface area contributed by atoms with Crippen molar-refractivity contribution in [3.63, 3.8) is 0 Å². The molecule has 0 aliphatic carbocycles. The minimum absolute atomic E-state index is 0.00215. The summed E-state index contributed by atoms with van der Waals surface area (Å²) in [5.41, 5.74) is -0.816. The average molecular weight is 236 g/mol. The Bertz CT molecular complexity index is 338. The first-order valence-corrected chi connectivity index (χ1v) is 4.52. The zero-order valence-electron chi connectivity index (χ0n) is 8.24. The van der Waals surface area contributed by atoms with Crippen molar-refractivity contribution < 1.29 is 28.1 Å². The van der Waals surface area contributed by atoms with Crippen LogP contribution >= 0.6 is 0 Å². The van der Waals surface area contributed by atoms with E-state index in [2.05, 4.69) is 0 Å². The van der Waals surface area contributed by atoms with Crippen molar-refractivity contribution in [2.75, 3.05) is 13.2 Å². The number of halogens is 3. The normalized spacial score (nSPS) is 13.6. The highest BCUT2D eigenvalue weighted by Gasteiger charge is 2.30. The third-order valence-corrected chi connectivity index (χ3v) is 1.81. The van der Waals surface area contributed by atoms with Crippen LogP contribution in [-0.2, 0) is 6.18 Å². The second-order valence-corrected chi connectivity index (χ2v) is 3.17. The summed E-state index contributed by atoms with van der Waals surface area (Å²) in [6, 6.07) is 4.32. The third kappa shape index (κ3) is 3.71. The van der Waals surface area contributed by atoms with Crippen LogP contribution in [0.4, 0.5) is 13.2 Å². The summed E-state index contributed by atoms with van der Waals surface area (Å²) in [5, 5.41) is 17.4. The molecular weight excluding hydrogens is 225 g/mol. The zero-order valence-corrected chi connectivity index (χ0v) is 8.24. The van der Waals surface area contributed by atoms with Crippen molar-refractivity contribution in [1.82, 2.24) is 0 Å². The van der Waals surface area contributed by atoms with Gasteiger partial charge in [-0.3, -0.25) is 0 Å². The second-order valence-electron chi connectivity index (χ2n) is 3.17. The SMILES string of the molecule is OCC(O)COc1cccc(C(F)(F)F)c1. The van der Waals surface area contributed by atoms with Gasteiger partial charge in [0.2, 0.25) is 0 Å². The molecule has 16 heavy (non-hydrogen) atoms. The Labute approximate surface area is 90.1 Å². The van der Waals surface area contributed by atoms with Gasteiger partial charge in [0.05, 0.1) is 12.2 Å². The Morgan fingerprint density at radius 1 is 1.31 bits per heavy atom. The average Bonchev–Trinajstić information content (AvgIpc) is 2.25. The fourth-order valence-corrected chi connectivity index (χ4v) is 1.01. The molecule has 1 unspecified atom stereocenters. The number of benzene rings is 1. The summed E-state index contributed by atoms with van der Waals surface area (Å²) in [4.78, 5) is 0. The molecule has 1 aromatic carbocycles. The van der Waals surface area contributed by atoms with Gasteiger partial charge in [-0.25, -0.2) is 0 Å². The highest BCUT2D eigenvalue weighted by atomic mass is 19.4. The summed E-state index contributed by atoms with van der Waals surface area (Å²) in [7, 11) is 0. The van der Waals surface area contributed by atoms with Gasteiger partial charge in [0.25, 0.3) is 0 Å². The number of rotatable bonds is 4. The third-order valence-electron chi connectivity index (χ3n) is 1.81. The maximum Gasteiger partial charge on any atom is 0.416 e. The van der Waals surface area contributed by atoms with E-state index in [4.69, 9.17) is 14.9 Å². The van der Waals surface area contributed by atoms with Crippen LogP contribution in [0.2, 0.25) is 0 Å². The van der Waals surface area contributed by atoms with E-state index in [1.807, 2.05) is 0 Å². The fourth-order valence-electron chi connectivity index (χ4n) is 1.01. The lowest BCUT2D eigenvalue weighted by Gasteiger charge is -2.12. The molecule has 0 radical (unpaired) electrons. The number of ether oxygens (including phenoxy) is 1. The smallest absolute Gasteiger partial charge is 0.416 e. The fraction of sp³-hybridized carbons (Fsp3) is 0.400. The molecule has 1 atom stereocenters. The van der Waals surface area contributed by atoms with Gasteiger partial charge in [-0.05, 0) is 18.2 Å². The van der Waals surface area contributed by atoms with E-state index in [-0.39, 0.29) is 12.4 Å². The van der Waals surface area contributed by atoms with Crippen molar-refractivity contribution >= 4 is 0 Å². The predicted octanol–water partition coefficient (Wildman–Crippen LogP) is 1.44. The van der Waals surface area contributed by atoms with Crippen LogP contribution in [0.1, 0.15) is 5.56 Å². The molecule has 90 valence electrons. The van der Waals surface area contributed by atoms with E-state index in [1.165, 1.54) is 12.1 Å². The van der Waals surface area contributed by atoms with Gasteiger partial charge in [-0.1, -0.05) is 6.07 Å². The molecule has 6 heteroatoms. The Kier molecular flexibility index (Phi) is 4.14. The largest absolute Gasteiger partial charge is 0.491 e. The van der Waals surface area contributed by atoms with Crippen LogP contribution in [-0.4, -0.2) is 29.5 Å². The summed E-state index contributed by atoms with van der Waals surface area (Å²) < 4.78 is 41.7. The predicted molar refractivity (Wildman–Crippen MR) is 50.0 cm³/mol. The molecule has 0 bridgehead atoms. The highest BCUT2D eigenvalue weighted by molar-refractivity contribution is 5.30. The van der Waals surface area contributed by atoms with Gasteiger partial charge in [0.15, 0.2) is 0 Å². The van der Waals surface area contributed by atoms with E-state index >= 15 is 0 Å². The molecule has 0 aliphatic heterocycles. The van der Waals surface area contributed by atoms with Crippen LogP contribution in [0.15, 0.2) is 24.3 Å². The quantitative estimate of drug-likeness (QED) is 0.831. The lowest BCUT2D eigenvalue weighted by Crippen LogP contribution is -2.21. The topological polar surface area (TPSA) is 49.7 Å². The van der Waals surface area contributed by atoms with Crippen LogP contribution < -0.4 is 4.74 Å². The van der Waals surface area contributed by atoms with Crippen molar-refractivity contribution in [3.05, 3.63) is 29.8 Å². The number of hydrogen-bond donors (Lipinski definition) is 2. The molecule has 0 fully saturated rings. The second kappa shape index (κ2) is 5.18. The van der Waals surface area contributed by atoms with E-state index in [0.29, 0.717) is 0 Å². The first-order chi connectivity index (χ1) is 7.43. The highest BCUT2D eigenvalue weighted by Crippen LogP contribution is 2.31. The minimum Gasteiger partial charge on any atom is -0.491 e. The van der Waals surface area contributed by atoms with Crippen LogP contribution in [0, 0.1) is 0 Å². The van der Waals surface area contributed by atoms with Gasteiger partial charge in [0.1, 0.15) is 18.5 Å². The Morgan fingerprint density at radius 2 is 2.00 bits per heavy atom. The van der Waals surface area contributed by atoms with Crippen LogP contribution in [0.5, 0.6) is 5.75 Å². The molecule has 0 saturated carbocycles. The lowest BCUT2D eigenvalue weighted by atomic mass is 10.2. The molecule has 0 spiro atoms. The molecule has 1 aromatic rings. The van der Waals surface area contributed by atoms with Crippen molar-refractivity contribution in [2.45, 2.75) is 12.3 Å². The molecule has 2 N–H and O–H groups in total. The first-order valence-electron chi connectivity index (χ1n) is 4.52. The Hall–Kier alpha value is -1.27. The number of aliphatic hydroxyl groups excluding tert-OH is 2. The van der Waals surface area contributed by atoms with E-state index in [9.17, 15) is 13.2 Å². The molecule has 3 nitrogen and oxygen atoms in total. The number of hydrogen-bond acceptors (Lipinski definition) is 3. The molecule has 0 heterocycles. The summed E-state index contributed by atoms with van der Waals surface area (Å²) in [5.74, 6) is 0.00215. The number of alkyl halides is 3. The monoisotopic (exact) mass is 236 g/mol. The standard InChI is InChI=1S/C10H11F3O3/c11-10(12,13)7-2-1-3-9(4-7)16-6-8(15)5-14/h1-4,8,14-15H,5-6H2. The number of aliphatic hydroxyl groups is 2. The maximum absolute atomic E-state index is 12.3. The van der Waals surface area contributed by atoms with E-state index in [1.54, 1.807) is 0 Å². The van der Waals surface area contributed by atoms with Crippen molar-refractivity contribution in [2.24, 2.45) is 0 Å². The zero-order chi connectivity index (χ0) is 12.2. The van der Waals surface area contributed by atoms with E-state index < -0.39 is 24.5 Å². The van der Waals surface area contributed by atoms with Gasteiger partial charge in [0, 0.05) is 0 Å². The maximum atomic E-state index is 12.3. The van der Waals surface area contributed by atoms with Gasteiger partial charge >= 0.3 is 6.18 Å².